The van der Waals surface area contributed by atoms with Crippen molar-refractivity contribution in [3.63, 3.8) is 0 Å². The van der Waals surface area contributed by atoms with E-state index in [9.17, 15) is 0 Å². The summed E-state index contributed by atoms with van der Waals surface area (Å²) >= 11 is 0. The summed E-state index contributed by atoms with van der Waals surface area (Å²) in [5, 5.41) is 20.3. The normalized spacial score (nSPS) is 10.6. The highest BCUT2D eigenvalue weighted by atomic mass is 16.3. The number of benzene rings is 1. The Morgan fingerprint density at radius 3 is 2.85 bits per heavy atom. The van der Waals surface area contributed by atoms with Crippen molar-refractivity contribution in [2.24, 2.45) is 0 Å². The molecule has 0 saturated carbocycles. The van der Waals surface area contributed by atoms with Gasteiger partial charge in [-0.15, -0.1) is 5.10 Å². The van der Waals surface area contributed by atoms with Gasteiger partial charge in [0.05, 0.1) is 24.1 Å². The molecule has 0 atom stereocenters. The number of anilines is 2. The lowest BCUT2D eigenvalue weighted by Crippen LogP contribution is -2.12. The number of nitrogens with zero attached hydrogens (tertiary/aromatic N) is 4. The Morgan fingerprint density at radius 1 is 1.30 bits per heavy atom. The van der Waals surface area contributed by atoms with Gasteiger partial charge in [0, 0.05) is 27.2 Å². The van der Waals surface area contributed by atoms with Crippen LogP contribution >= 0.6 is 0 Å². The fraction of sp³-hybridized carbons (Fsp3) is 0.429. The van der Waals surface area contributed by atoms with Crippen LogP contribution in [0.3, 0.4) is 0 Å². The van der Waals surface area contributed by atoms with Crippen LogP contribution in [0.15, 0.2) is 30.5 Å². The van der Waals surface area contributed by atoms with E-state index in [0.29, 0.717) is 19.5 Å². The molecule has 0 unspecified atom stereocenters. The molecule has 0 aliphatic carbocycles. The lowest BCUT2D eigenvalue weighted by molar-refractivity contribution is 0.276. The molecule has 0 aliphatic heterocycles. The molecule has 1 aromatic heterocycles. The summed E-state index contributed by atoms with van der Waals surface area (Å²) in [6.07, 6.45) is 2.60. The minimum atomic E-state index is 0.170. The standard InChI is InChI=1S/C14H21N5O/c1-18(2)14-7-4-3-6-13(14)15-10-12-11-19(17-16-12)8-5-9-20/h3-4,6-7,11,15,20H,5,8-10H2,1-2H3. The first-order valence-corrected chi connectivity index (χ1v) is 6.71. The Morgan fingerprint density at radius 2 is 2.10 bits per heavy atom. The Labute approximate surface area is 119 Å². The molecule has 2 rings (SSSR count). The van der Waals surface area contributed by atoms with Gasteiger partial charge in [0.1, 0.15) is 5.69 Å². The molecule has 6 heteroatoms. The molecule has 20 heavy (non-hydrogen) atoms. The Balaban J connectivity index is 1.96. The van der Waals surface area contributed by atoms with E-state index < -0.39 is 0 Å². The first-order valence-electron chi connectivity index (χ1n) is 6.71. The number of aliphatic hydroxyl groups is 1. The molecular weight excluding hydrogens is 254 g/mol. The van der Waals surface area contributed by atoms with Crippen molar-refractivity contribution in [3.8, 4) is 0 Å². The molecule has 0 amide bonds. The second-order valence-corrected chi connectivity index (χ2v) is 4.82. The first-order chi connectivity index (χ1) is 9.70. The first kappa shape index (κ1) is 14.3. The van der Waals surface area contributed by atoms with Crippen molar-refractivity contribution in [2.45, 2.75) is 19.5 Å². The molecule has 108 valence electrons. The number of hydrogen-bond donors (Lipinski definition) is 2. The molecule has 0 aliphatic rings. The smallest absolute Gasteiger partial charge is 0.102 e. The number of nitrogens with one attached hydrogen (secondary N) is 1. The summed E-state index contributed by atoms with van der Waals surface area (Å²) in [6.45, 7) is 1.49. The molecule has 1 heterocycles. The lowest BCUT2D eigenvalue weighted by atomic mass is 10.2. The Kier molecular flexibility index (Phi) is 4.95. The SMILES string of the molecule is CN(C)c1ccccc1NCc1cn(CCCO)nn1. The van der Waals surface area contributed by atoms with Crippen molar-refractivity contribution in [1.29, 1.82) is 0 Å². The number of aryl methyl sites for hydroxylation is 1. The van der Waals surface area contributed by atoms with Gasteiger partial charge in [-0.2, -0.15) is 0 Å². The van der Waals surface area contributed by atoms with Crippen molar-refractivity contribution in [2.75, 3.05) is 30.9 Å². The van der Waals surface area contributed by atoms with Crippen LogP contribution in [0, 0.1) is 0 Å². The van der Waals surface area contributed by atoms with Crippen LogP contribution in [-0.2, 0) is 13.1 Å². The van der Waals surface area contributed by atoms with Gasteiger partial charge in [-0.25, -0.2) is 0 Å². The zero-order valence-electron chi connectivity index (χ0n) is 12.0. The third-order valence-electron chi connectivity index (χ3n) is 2.98. The minimum absolute atomic E-state index is 0.170. The van der Waals surface area contributed by atoms with Gasteiger partial charge in [0.15, 0.2) is 0 Å². The summed E-state index contributed by atoms with van der Waals surface area (Å²) in [5.74, 6) is 0. The summed E-state index contributed by atoms with van der Waals surface area (Å²) < 4.78 is 1.76. The van der Waals surface area contributed by atoms with Crippen molar-refractivity contribution >= 4 is 11.4 Å². The molecule has 6 nitrogen and oxygen atoms in total. The number of hydrogen-bond acceptors (Lipinski definition) is 5. The van der Waals surface area contributed by atoms with Gasteiger partial charge in [0.2, 0.25) is 0 Å². The monoisotopic (exact) mass is 275 g/mol. The number of rotatable bonds is 7. The molecule has 0 spiro atoms. The van der Waals surface area contributed by atoms with Gasteiger partial charge < -0.3 is 15.3 Å². The highest BCUT2D eigenvalue weighted by molar-refractivity contribution is 5.69. The third-order valence-corrected chi connectivity index (χ3v) is 2.98. The molecule has 0 bridgehead atoms. The van der Waals surface area contributed by atoms with Gasteiger partial charge in [0.25, 0.3) is 0 Å². The maximum atomic E-state index is 8.79. The second-order valence-electron chi connectivity index (χ2n) is 4.82. The lowest BCUT2D eigenvalue weighted by Gasteiger charge is -2.17. The van der Waals surface area contributed by atoms with Crippen LogP contribution in [0.4, 0.5) is 11.4 Å². The number of para-hydroxylation sites is 2. The fourth-order valence-electron chi connectivity index (χ4n) is 1.96. The highest BCUT2D eigenvalue weighted by Crippen LogP contribution is 2.23. The van der Waals surface area contributed by atoms with Crippen LogP contribution < -0.4 is 10.2 Å². The molecule has 2 N–H and O–H groups in total. The summed E-state index contributed by atoms with van der Waals surface area (Å²) in [5.41, 5.74) is 3.10. The largest absolute Gasteiger partial charge is 0.396 e. The quantitative estimate of drug-likeness (QED) is 0.798. The van der Waals surface area contributed by atoms with Crippen molar-refractivity contribution in [3.05, 3.63) is 36.2 Å². The average molecular weight is 275 g/mol. The summed E-state index contributed by atoms with van der Waals surface area (Å²) in [7, 11) is 4.04. The van der Waals surface area contributed by atoms with Crippen LogP contribution in [0.25, 0.3) is 0 Å². The predicted molar refractivity (Wildman–Crippen MR) is 79.8 cm³/mol. The maximum absolute atomic E-state index is 8.79. The Bertz CT molecular complexity index is 538. The van der Waals surface area contributed by atoms with E-state index in [4.69, 9.17) is 5.11 Å². The van der Waals surface area contributed by atoms with Crippen molar-refractivity contribution < 1.29 is 5.11 Å². The average Bonchev–Trinajstić information content (AvgIpc) is 2.91. The second kappa shape index (κ2) is 6.91. The summed E-state index contributed by atoms with van der Waals surface area (Å²) in [6, 6.07) is 8.14. The van der Waals surface area contributed by atoms with E-state index in [-0.39, 0.29) is 6.61 Å². The molecular formula is C14H21N5O. The van der Waals surface area contributed by atoms with E-state index in [2.05, 4.69) is 26.6 Å². The molecule has 0 fully saturated rings. The topological polar surface area (TPSA) is 66.2 Å². The zero-order valence-corrected chi connectivity index (χ0v) is 12.0. The number of aromatic nitrogens is 3. The third kappa shape index (κ3) is 3.71. The van der Waals surface area contributed by atoms with E-state index in [1.807, 2.05) is 38.5 Å². The minimum Gasteiger partial charge on any atom is -0.396 e. The van der Waals surface area contributed by atoms with Crippen LogP contribution in [0.2, 0.25) is 0 Å². The van der Waals surface area contributed by atoms with E-state index in [0.717, 1.165) is 17.1 Å². The molecule has 1 aromatic carbocycles. The zero-order chi connectivity index (χ0) is 14.4. The summed E-state index contributed by atoms with van der Waals surface area (Å²) in [4.78, 5) is 2.07. The van der Waals surface area contributed by atoms with Crippen LogP contribution in [-0.4, -0.2) is 40.8 Å². The molecule has 0 radical (unpaired) electrons. The number of aliphatic hydroxyl groups excluding tert-OH is 1. The van der Waals surface area contributed by atoms with Gasteiger partial charge in [-0.05, 0) is 18.6 Å². The van der Waals surface area contributed by atoms with E-state index >= 15 is 0 Å². The van der Waals surface area contributed by atoms with Crippen LogP contribution in [0.1, 0.15) is 12.1 Å². The maximum Gasteiger partial charge on any atom is 0.102 e. The highest BCUT2D eigenvalue weighted by Gasteiger charge is 2.05. The Hall–Kier alpha value is -2.08. The predicted octanol–water partition coefficient (Wildman–Crippen LogP) is 1.34. The van der Waals surface area contributed by atoms with Gasteiger partial charge in [-0.1, -0.05) is 17.3 Å². The molecule has 0 saturated heterocycles. The van der Waals surface area contributed by atoms with Gasteiger partial charge >= 0.3 is 0 Å². The van der Waals surface area contributed by atoms with Gasteiger partial charge in [-0.3, -0.25) is 4.68 Å². The molecule has 2 aromatic rings. The van der Waals surface area contributed by atoms with E-state index in [1.165, 1.54) is 0 Å². The fourth-order valence-corrected chi connectivity index (χ4v) is 1.96. The van der Waals surface area contributed by atoms with E-state index in [1.54, 1.807) is 4.68 Å². The van der Waals surface area contributed by atoms with Crippen molar-refractivity contribution in [1.82, 2.24) is 15.0 Å². The van der Waals surface area contributed by atoms with Crippen LogP contribution in [0.5, 0.6) is 0 Å².